The van der Waals surface area contributed by atoms with Gasteiger partial charge in [0.2, 0.25) is 0 Å². The number of ether oxygens (including phenoxy) is 1. The van der Waals surface area contributed by atoms with E-state index >= 15 is 0 Å². The Bertz CT molecular complexity index is 1270. The van der Waals surface area contributed by atoms with Crippen LogP contribution in [-0.4, -0.2) is 64.1 Å². The molecule has 0 radical (unpaired) electrons. The SMILES string of the molecule is CCOc1ccc2[nH]c3c(c2c1)C[C@@]1(C)C(=O)N(CCCNC)C(=O)N1[C@@H]3c1cccc(O)c1. The maximum absolute atomic E-state index is 13.7. The third-order valence-corrected chi connectivity index (χ3v) is 6.94. The summed E-state index contributed by atoms with van der Waals surface area (Å²) in [4.78, 5) is 34.0. The van der Waals surface area contributed by atoms with Gasteiger partial charge in [-0.1, -0.05) is 12.1 Å². The second-order valence-electron chi connectivity index (χ2n) is 9.17. The molecule has 8 nitrogen and oxygen atoms in total. The van der Waals surface area contributed by atoms with Crippen LogP contribution in [-0.2, 0) is 11.2 Å². The van der Waals surface area contributed by atoms with Gasteiger partial charge in [0.15, 0.2) is 0 Å². The number of rotatable bonds is 7. The van der Waals surface area contributed by atoms with Gasteiger partial charge < -0.3 is 20.1 Å². The zero-order chi connectivity index (χ0) is 24.0. The van der Waals surface area contributed by atoms with Crippen molar-refractivity contribution in [2.24, 2.45) is 0 Å². The lowest BCUT2D eigenvalue weighted by Crippen LogP contribution is -2.53. The number of nitrogens with zero attached hydrogens (tertiary/aromatic N) is 2. The first-order valence-corrected chi connectivity index (χ1v) is 11.7. The average molecular weight is 463 g/mol. The fraction of sp³-hybridized carbons (Fsp3) is 0.385. The maximum Gasteiger partial charge on any atom is 0.328 e. The highest BCUT2D eigenvalue weighted by atomic mass is 16.5. The van der Waals surface area contributed by atoms with Crippen LogP contribution in [0.5, 0.6) is 11.5 Å². The van der Waals surface area contributed by atoms with E-state index in [9.17, 15) is 14.7 Å². The van der Waals surface area contributed by atoms with Gasteiger partial charge in [0.1, 0.15) is 23.1 Å². The van der Waals surface area contributed by atoms with Crippen molar-refractivity contribution < 1.29 is 19.4 Å². The molecule has 2 aromatic carbocycles. The van der Waals surface area contributed by atoms with Crippen molar-refractivity contribution in [1.82, 2.24) is 20.1 Å². The fourth-order valence-corrected chi connectivity index (χ4v) is 5.40. The molecular formula is C26H30N4O4. The molecule has 0 aliphatic carbocycles. The lowest BCUT2D eigenvalue weighted by atomic mass is 9.81. The lowest BCUT2D eigenvalue weighted by Gasteiger charge is -2.42. The summed E-state index contributed by atoms with van der Waals surface area (Å²) in [5.74, 6) is 0.699. The monoisotopic (exact) mass is 462 g/mol. The van der Waals surface area contributed by atoms with E-state index in [0.29, 0.717) is 32.5 Å². The molecule has 5 rings (SSSR count). The number of carbonyl (C=O) groups is 2. The molecule has 1 saturated heterocycles. The molecule has 2 aliphatic rings. The number of urea groups is 1. The largest absolute Gasteiger partial charge is 0.508 e. The van der Waals surface area contributed by atoms with E-state index in [4.69, 9.17) is 4.74 Å². The van der Waals surface area contributed by atoms with Crippen LogP contribution in [0.4, 0.5) is 4.79 Å². The number of aromatic nitrogens is 1. The normalized spacial score (nSPS) is 21.8. The Morgan fingerprint density at radius 1 is 1.24 bits per heavy atom. The molecule has 3 amide bonds. The van der Waals surface area contributed by atoms with Gasteiger partial charge in [-0.15, -0.1) is 0 Å². The van der Waals surface area contributed by atoms with E-state index in [1.54, 1.807) is 23.1 Å². The summed E-state index contributed by atoms with van der Waals surface area (Å²) >= 11 is 0. The highest BCUT2D eigenvalue weighted by molar-refractivity contribution is 6.08. The van der Waals surface area contributed by atoms with Crippen LogP contribution in [0.3, 0.4) is 0 Å². The summed E-state index contributed by atoms with van der Waals surface area (Å²) in [5, 5.41) is 14.3. The molecule has 1 aromatic heterocycles. The van der Waals surface area contributed by atoms with Gasteiger partial charge >= 0.3 is 6.03 Å². The molecule has 178 valence electrons. The molecule has 3 aromatic rings. The van der Waals surface area contributed by atoms with Crippen LogP contribution in [0.1, 0.15) is 43.1 Å². The second kappa shape index (κ2) is 8.36. The Morgan fingerprint density at radius 2 is 2.06 bits per heavy atom. The predicted octanol–water partition coefficient (Wildman–Crippen LogP) is 3.55. The standard InChI is InChI=1S/C26H30N4O4/c1-4-34-18-9-10-21-19(14-18)20-15-26(2)24(32)29(12-6-11-27-3)25(33)30(26)23(22(20)28-21)16-7-5-8-17(31)13-16/h5,7-10,13-14,23,27-28,31H,4,6,11-12,15H2,1-3H3/t23-,26+/m1/s1. The van der Waals surface area contributed by atoms with Gasteiger partial charge in [0.25, 0.3) is 5.91 Å². The summed E-state index contributed by atoms with van der Waals surface area (Å²) in [6.07, 6.45) is 1.08. The fourth-order valence-electron chi connectivity index (χ4n) is 5.40. The van der Waals surface area contributed by atoms with Crippen LogP contribution >= 0.6 is 0 Å². The molecule has 0 spiro atoms. The Kier molecular flexibility index (Phi) is 5.48. The number of imide groups is 1. The van der Waals surface area contributed by atoms with E-state index in [1.165, 1.54) is 4.90 Å². The number of amides is 3. The molecule has 0 saturated carbocycles. The number of benzene rings is 2. The minimum absolute atomic E-state index is 0.116. The Balaban J connectivity index is 1.69. The summed E-state index contributed by atoms with van der Waals surface area (Å²) in [7, 11) is 1.85. The van der Waals surface area contributed by atoms with E-state index in [1.807, 2.05) is 45.2 Å². The number of fused-ring (bicyclic) bond motifs is 4. The van der Waals surface area contributed by atoms with Crippen LogP contribution in [0, 0.1) is 0 Å². The first-order valence-electron chi connectivity index (χ1n) is 11.7. The van der Waals surface area contributed by atoms with Crippen molar-refractivity contribution in [2.45, 2.75) is 38.3 Å². The van der Waals surface area contributed by atoms with Crippen LogP contribution in [0.2, 0.25) is 0 Å². The number of H-pyrrole nitrogens is 1. The number of hydrogen-bond donors (Lipinski definition) is 3. The molecule has 8 heteroatoms. The molecule has 1 fully saturated rings. The zero-order valence-electron chi connectivity index (χ0n) is 19.7. The van der Waals surface area contributed by atoms with Gasteiger partial charge in [0, 0.05) is 29.6 Å². The summed E-state index contributed by atoms with van der Waals surface area (Å²) in [5.41, 5.74) is 2.51. The van der Waals surface area contributed by atoms with Gasteiger partial charge in [-0.25, -0.2) is 4.79 Å². The van der Waals surface area contributed by atoms with Crippen molar-refractivity contribution >= 4 is 22.8 Å². The Hall–Kier alpha value is -3.52. The van der Waals surface area contributed by atoms with E-state index in [2.05, 4.69) is 10.3 Å². The number of hydrogen-bond acceptors (Lipinski definition) is 5. The minimum Gasteiger partial charge on any atom is -0.508 e. The van der Waals surface area contributed by atoms with Gasteiger partial charge in [-0.3, -0.25) is 14.6 Å². The van der Waals surface area contributed by atoms with Crippen LogP contribution in [0.25, 0.3) is 10.9 Å². The van der Waals surface area contributed by atoms with Gasteiger partial charge in [-0.2, -0.15) is 0 Å². The number of aromatic hydroxyl groups is 1. The summed E-state index contributed by atoms with van der Waals surface area (Å²) in [6, 6.07) is 12.0. The van der Waals surface area contributed by atoms with Crippen molar-refractivity contribution in [2.75, 3.05) is 26.7 Å². The number of phenolic OH excluding ortho intramolecular Hbond substituents is 1. The first kappa shape index (κ1) is 22.3. The van der Waals surface area contributed by atoms with Crippen molar-refractivity contribution in [3.05, 3.63) is 59.3 Å². The number of aromatic amines is 1. The van der Waals surface area contributed by atoms with Crippen molar-refractivity contribution in [1.29, 1.82) is 0 Å². The highest BCUT2D eigenvalue weighted by Gasteiger charge is 2.60. The zero-order valence-corrected chi connectivity index (χ0v) is 19.7. The summed E-state index contributed by atoms with van der Waals surface area (Å²) in [6.45, 7) is 5.44. The third kappa shape index (κ3) is 3.32. The number of nitrogens with one attached hydrogen (secondary N) is 2. The molecule has 3 heterocycles. The molecular weight excluding hydrogens is 432 g/mol. The molecule has 3 N–H and O–H groups in total. The molecule has 0 bridgehead atoms. The number of phenols is 1. The topological polar surface area (TPSA) is 97.9 Å². The Labute approximate surface area is 198 Å². The maximum atomic E-state index is 13.7. The first-order chi connectivity index (χ1) is 16.4. The minimum atomic E-state index is -1.03. The molecule has 2 aliphatic heterocycles. The predicted molar refractivity (Wildman–Crippen MR) is 129 cm³/mol. The van der Waals surface area contributed by atoms with Gasteiger partial charge in [-0.05, 0) is 75.3 Å². The third-order valence-electron chi connectivity index (χ3n) is 6.94. The van der Waals surface area contributed by atoms with Crippen molar-refractivity contribution in [3.8, 4) is 11.5 Å². The van der Waals surface area contributed by atoms with Crippen LogP contribution in [0.15, 0.2) is 42.5 Å². The smallest absolute Gasteiger partial charge is 0.328 e. The quantitative estimate of drug-likeness (QED) is 0.369. The van der Waals surface area contributed by atoms with Crippen molar-refractivity contribution in [3.63, 3.8) is 0 Å². The van der Waals surface area contributed by atoms with E-state index in [0.717, 1.165) is 33.5 Å². The van der Waals surface area contributed by atoms with Gasteiger partial charge in [0.05, 0.1) is 6.61 Å². The second-order valence-corrected chi connectivity index (χ2v) is 9.17. The average Bonchev–Trinajstić information content (AvgIpc) is 3.25. The highest BCUT2D eigenvalue weighted by Crippen LogP contribution is 2.49. The van der Waals surface area contributed by atoms with E-state index < -0.39 is 11.6 Å². The van der Waals surface area contributed by atoms with Crippen LogP contribution < -0.4 is 10.1 Å². The summed E-state index contributed by atoms with van der Waals surface area (Å²) < 4.78 is 5.73. The Morgan fingerprint density at radius 3 is 2.79 bits per heavy atom. The number of carbonyl (C=O) groups excluding carboxylic acids is 2. The van der Waals surface area contributed by atoms with E-state index in [-0.39, 0.29) is 17.7 Å². The molecule has 0 unspecified atom stereocenters. The molecule has 34 heavy (non-hydrogen) atoms. The lowest BCUT2D eigenvalue weighted by molar-refractivity contribution is -0.133. The molecule has 2 atom stereocenters.